The third kappa shape index (κ3) is 7.21. The van der Waals surface area contributed by atoms with Crippen LogP contribution in [0.2, 0.25) is 0 Å². The van der Waals surface area contributed by atoms with Crippen LogP contribution in [0, 0.1) is 13.8 Å². The Morgan fingerprint density at radius 2 is 1.77 bits per heavy atom. The molecule has 0 aliphatic heterocycles. The van der Waals surface area contributed by atoms with Crippen molar-refractivity contribution in [2.45, 2.75) is 59.5 Å². The Labute approximate surface area is 180 Å². The number of rotatable bonds is 11. The van der Waals surface area contributed by atoms with Crippen molar-refractivity contribution in [3.05, 3.63) is 65.2 Å². The Hall–Kier alpha value is -2.82. The van der Waals surface area contributed by atoms with Crippen molar-refractivity contribution < 1.29 is 14.3 Å². The molecule has 1 atom stereocenters. The van der Waals surface area contributed by atoms with E-state index in [1.807, 2.05) is 69.3 Å². The van der Waals surface area contributed by atoms with Gasteiger partial charge in [0.05, 0.1) is 0 Å². The summed E-state index contributed by atoms with van der Waals surface area (Å²) >= 11 is 0. The predicted molar refractivity (Wildman–Crippen MR) is 120 cm³/mol. The fraction of sp³-hybridized carbons (Fsp3) is 0.440. The van der Waals surface area contributed by atoms with Gasteiger partial charge in [0, 0.05) is 13.1 Å². The van der Waals surface area contributed by atoms with Crippen LogP contribution in [0.4, 0.5) is 0 Å². The van der Waals surface area contributed by atoms with E-state index < -0.39 is 6.04 Å². The van der Waals surface area contributed by atoms with Crippen molar-refractivity contribution in [2.75, 3.05) is 13.2 Å². The van der Waals surface area contributed by atoms with Gasteiger partial charge in [-0.2, -0.15) is 0 Å². The summed E-state index contributed by atoms with van der Waals surface area (Å²) in [5, 5.41) is 2.97. The van der Waals surface area contributed by atoms with Crippen molar-refractivity contribution in [1.82, 2.24) is 10.2 Å². The van der Waals surface area contributed by atoms with Gasteiger partial charge < -0.3 is 15.0 Å². The van der Waals surface area contributed by atoms with Gasteiger partial charge in [-0.1, -0.05) is 62.2 Å². The summed E-state index contributed by atoms with van der Waals surface area (Å²) in [6.07, 6.45) is 2.47. The zero-order chi connectivity index (χ0) is 21.9. The second kappa shape index (κ2) is 12.0. The lowest BCUT2D eigenvalue weighted by Crippen LogP contribution is -2.50. The molecule has 162 valence electrons. The van der Waals surface area contributed by atoms with Gasteiger partial charge in [-0.15, -0.1) is 0 Å². The third-order valence-electron chi connectivity index (χ3n) is 5.04. The molecule has 2 amide bonds. The molecule has 0 aromatic heterocycles. The lowest BCUT2D eigenvalue weighted by atomic mass is 10.1. The lowest BCUT2D eigenvalue weighted by molar-refractivity contribution is -0.143. The Kier molecular flexibility index (Phi) is 9.39. The van der Waals surface area contributed by atoms with Crippen LogP contribution in [-0.4, -0.2) is 35.9 Å². The van der Waals surface area contributed by atoms with Gasteiger partial charge in [-0.3, -0.25) is 9.59 Å². The average Bonchev–Trinajstić information content (AvgIpc) is 2.73. The number of carbonyl (C=O) groups is 2. The average molecular weight is 411 g/mol. The van der Waals surface area contributed by atoms with Crippen molar-refractivity contribution in [1.29, 1.82) is 0 Å². The molecule has 0 spiro atoms. The number of hydrogen-bond acceptors (Lipinski definition) is 3. The maximum Gasteiger partial charge on any atom is 0.261 e. The molecule has 2 aromatic rings. The molecule has 0 heterocycles. The minimum atomic E-state index is -0.531. The Balaban J connectivity index is 2.16. The van der Waals surface area contributed by atoms with E-state index in [1.165, 1.54) is 0 Å². The molecule has 0 saturated heterocycles. The first-order chi connectivity index (χ1) is 14.4. The maximum absolute atomic E-state index is 13.1. The molecule has 5 nitrogen and oxygen atoms in total. The topological polar surface area (TPSA) is 58.6 Å². The van der Waals surface area contributed by atoms with E-state index in [9.17, 15) is 9.59 Å². The van der Waals surface area contributed by atoms with Crippen LogP contribution < -0.4 is 10.1 Å². The van der Waals surface area contributed by atoms with E-state index in [4.69, 9.17) is 4.74 Å². The van der Waals surface area contributed by atoms with Crippen LogP contribution in [0.3, 0.4) is 0 Å². The summed E-state index contributed by atoms with van der Waals surface area (Å²) in [4.78, 5) is 27.6. The number of ether oxygens (including phenoxy) is 1. The van der Waals surface area contributed by atoms with Gasteiger partial charge >= 0.3 is 0 Å². The molecule has 0 bridgehead atoms. The zero-order valence-electron chi connectivity index (χ0n) is 18.6. The van der Waals surface area contributed by atoms with Crippen molar-refractivity contribution >= 4 is 11.8 Å². The summed E-state index contributed by atoms with van der Waals surface area (Å²) in [5.74, 6) is 0.343. The largest absolute Gasteiger partial charge is 0.484 e. The fourth-order valence-corrected chi connectivity index (χ4v) is 3.25. The SMILES string of the molecule is CCCCNC(=O)[C@@H](CC)N(Cc1ccc(C)cc1)C(=O)COc1cccc(C)c1. The smallest absolute Gasteiger partial charge is 0.261 e. The van der Waals surface area contributed by atoms with E-state index in [0.717, 1.165) is 29.5 Å². The molecule has 0 saturated carbocycles. The first-order valence-electron chi connectivity index (χ1n) is 10.8. The minimum absolute atomic E-state index is 0.103. The first kappa shape index (κ1) is 23.5. The van der Waals surface area contributed by atoms with Crippen LogP contribution >= 0.6 is 0 Å². The van der Waals surface area contributed by atoms with Gasteiger partial charge in [0.15, 0.2) is 6.61 Å². The summed E-state index contributed by atoms with van der Waals surface area (Å²) in [6.45, 7) is 8.91. The molecule has 30 heavy (non-hydrogen) atoms. The quantitative estimate of drug-likeness (QED) is 0.559. The minimum Gasteiger partial charge on any atom is -0.484 e. The number of carbonyl (C=O) groups excluding carboxylic acids is 2. The number of nitrogens with zero attached hydrogens (tertiary/aromatic N) is 1. The second-order valence-electron chi connectivity index (χ2n) is 7.68. The highest BCUT2D eigenvalue weighted by molar-refractivity contribution is 5.88. The number of hydrogen-bond donors (Lipinski definition) is 1. The van der Waals surface area contributed by atoms with Gasteiger partial charge in [-0.05, 0) is 49.9 Å². The molecule has 2 rings (SSSR count). The molecule has 0 fully saturated rings. The van der Waals surface area contributed by atoms with E-state index in [0.29, 0.717) is 25.3 Å². The van der Waals surface area contributed by atoms with E-state index >= 15 is 0 Å². The fourth-order valence-electron chi connectivity index (χ4n) is 3.25. The normalized spacial score (nSPS) is 11.6. The number of amides is 2. The molecule has 0 unspecified atom stereocenters. The van der Waals surface area contributed by atoms with E-state index in [2.05, 4.69) is 12.2 Å². The molecule has 0 radical (unpaired) electrons. The first-order valence-corrected chi connectivity index (χ1v) is 10.8. The molecule has 0 aliphatic rings. The number of benzene rings is 2. The summed E-state index contributed by atoms with van der Waals surface area (Å²) in [5.41, 5.74) is 3.21. The summed E-state index contributed by atoms with van der Waals surface area (Å²) in [6, 6.07) is 15.1. The third-order valence-corrected chi connectivity index (χ3v) is 5.04. The standard InChI is InChI=1S/C25H34N2O3/c1-5-7-15-26-25(29)23(6-2)27(17-21-13-11-19(3)12-14-21)24(28)18-30-22-10-8-9-20(4)16-22/h8-14,16,23H,5-7,15,17-18H2,1-4H3,(H,26,29)/t23-/m1/s1. The second-order valence-corrected chi connectivity index (χ2v) is 7.68. The Morgan fingerprint density at radius 3 is 2.40 bits per heavy atom. The summed E-state index contributed by atoms with van der Waals surface area (Å²) in [7, 11) is 0. The van der Waals surface area contributed by atoms with Gasteiger partial charge in [0.25, 0.3) is 5.91 Å². The van der Waals surface area contributed by atoms with Gasteiger partial charge in [0.2, 0.25) is 5.91 Å². The van der Waals surface area contributed by atoms with Crippen LogP contribution in [0.15, 0.2) is 48.5 Å². The van der Waals surface area contributed by atoms with Crippen molar-refractivity contribution in [3.63, 3.8) is 0 Å². The van der Waals surface area contributed by atoms with Crippen molar-refractivity contribution in [3.8, 4) is 5.75 Å². The molecule has 0 aliphatic carbocycles. The number of unbranched alkanes of at least 4 members (excludes halogenated alkanes) is 1. The highest BCUT2D eigenvalue weighted by atomic mass is 16.5. The monoisotopic (exact) mass is 410 g/mol. The van der Waals surface area contributed by atoms with Crippen LogP contribution in [0.25, 0.3) is 0 Å². The van der Waals surface area contributed by atoms with Crippen LogP contribution in [-0.2, 0) is 16.1 Å². The molecular weight excluding hydrogens is 376 g/mol. The van der Waals surface area contributed by atoms with E-state index in [-0.39, 0.29) is 18.4 Å². The molecular formula is C25H34N2O3. The van der Waals surface area contributed by atoms with Crippen LogP contribution in [0.5, 0.6) is 5.75 Å². The lowest BCUT2D eigenvalue weighted by Gasteiger charge is -2.30. The number of nitrogens with one attached hydrogen (secondary N) is 1. The highest BCUT2D eigenvalue weighted by Crippen LogP contribution is 2.16. The molecule has 1 N–H and O–H groups in total. The van der Waals surface area contributed by atoms with Gasteiger partial charge in [0.1, 0.15) is 11.8 Å². The van der Waals surface area contributed by atoms with Crippen molar-refractivity contribution in [2.24, 2.45) is 0 Å². The van der Waals surface area contributed by atoms with Gasteiger partial charge in [-0.25, -0.2) is 0 Å². The maximum atomic E-state index is 13.1. The predicted octanol–water partition coefficient (Wildman–Crippen LogP) is 4.41. The molecule has 5 heteroatoms. The summed E-state index contributed by atoms with van der Waals surface area (Å²) < 4.78 is 5.74. The molecule has 2 aromatic carbocycles. The Morgan fingerprint density at radius 1 is 1.03 bits per heavy atom. The zero-order valence-corrected chi connectivity index (χ0v) is 18.6. The number of aryl methyl sites for hydroxylation is 2. The Bertz CT molecular complexity index is 817. The van der Waals surface area contributed by atoms with Crippen LogP contribution in [0.1, 0.15) is 49.8 Å². The highest BCUT2D eigenvalue weighted by Gasteiger charge is 2.28. The van der Waals surface area contributed by atoms with E-state index in [1.54, 1.807) is 4.90 Å².